The Hall–Kier alpha value is -4.93. The Morgan fingerprint density at radius 2 is 1.39 bits per heavy atom. The molecule has 3 rings (SSSR count). The lowest BCUT2D eigenvalue weighted by Gasteiger charge is -2.19. The zero-order chi connectivity index (χ0) is 27.8. The van der Waals surface area contributed by atoms with Gasteiger partial charge in [0.1, 0.15) is 0 Å². The Kier molecular flexibility index (Phi) is 8.99. The normalized spacial score (nSPS) is 11.2. The number of Topliss-reactive ketones (excluding diaryl/α,β-unsaturated/α-hetero) is 1. The highest BCUT2D eigenvalue weighted by Crippen LogP contribution is 2.34. The van der Waals surface area contributed by atoms with Crippen LogP contribution in [0.4, 0.5) is 27.5 Å². The molecule has 0 aliphatic heterocycles. The van der Waals surface area contributed by atoms with Crippen molar-refractivity contribution in [3.05, 3.63) is 81.9 Å². The van der Waals surface area contributed by atoms with Crippen LogP contribution >= 0.6 is 0 Å². The second-order valence-corrected chi connectivity index (χ2v) is 8.26. The third kappa shape index (κ3) is 6.64. The summed E-state index contributed by atoms with van der Waals surface area (Å²) in [6.07, 6.45) is 0.488. The zero-order valence-corrected chi connectivity index (χ0v) is 21.4. The molecule has 3 N–H and O–H groups in total. The van der Waals surface area contributed by atoms with Gasteiger partial charge < -0.3 is 25.4 Å². The summed E-state index contributed by atoms with van der Waals surface area (Å²) in [6.45, 7) is 3.27. The minimum absolute atomic E-state index is 0.0790. The number of methoxy groups -OCH3 is 2. The number of benzene rings is 3. The average Bonchev–Trinajstić information content (AvgIpc) is 2.89. The molecule has 198 valence electrons. The molecule has 3 aromatic rings. The Bertz CT molecular complexity index is 1340. The van der Waals surface area contributed by atoms with E-state index in [1.165, 1.54) is 51.5 Å². The highest BCUT2D eigenvalue weighted by molar-refractivity contribution is 6.06. The van der Waals surface area contributed by atoms with E-state index >= 15 is 0 Å². The molecule has 11 heteroatoms. The van der Waals surface area contributed by atoms with E-state index in [0.717, 1.165) is 5.56 Å². The molecular weight excluding hydrogens is 492 g/mol. The number of rotatable bonds is 10. The number of carbonyl (C=O) groups is 3. The van der Waals surface area contributed by atoms with Crippen LogP contribution in [0.5, 0.6) is 11.5 Å². The standard InChI is InChI=1S/C27H28N4O7/c1-5-21(26(33)30-23-15-25(38-4)24(37-3)14-22(23)16(2)32)17-6-8-18(9-7-17)28-27(34)29-19-10-12-20(13-11-19)31(35)36/h6-15,21H,5H2,1-4H3,(H,30,33)(H2,28,29,34). The first-order valence-corrected chi connectivity index (χ1v) is 11.7. The van der Waals surface area contributed by atoms with Gasteiger partial charge in [-0.3, -0.25) is 19.7 Å². The number of non-ortho nitro benzene ring substituents is 1. The number of nitro benzene ring substituents is 1. The molecule has 0 bridgehead atoms. The minimum Gasteiger partial charge on any atom is -0.493 e. The molecule has 0 heterocycles. The van der Waals surface area contributed by atoms with Gasteiger partial charge in [-0.1, -0.05) is 19.1 Å². The van der Waals surface area contributed by atoms with Gasteiger partial charge in [-0.2, -0.15) is 0 Å². The van der Waals surface area contributed by atoms with Crippen LogP contribution in [0.25, 0.3) is 0 Å². The molecule has 1 unspecified atom stereocenters. The van der Waals surface area contributed by atoms with E-state index < -0.39 is 16.9 Å². The van der Waals surface area contributed by atoms with Crippen LogP contribution < -0.4 is 25.4 Å². The van der Waals surface area contributed by atoms with Crippen LogP contribution in [0.2, 0.25) is 0 Å². The van der Waals surface area contributed by atoms with E-state index in [9.17, 15) is 24.5 Å². The molecule has 0 aliphatic carbocycles. The molecule has 0 aliphatic rings. The number of nitrogens with one attached hydrogen (secondary N) is 3. The van der Waals surface area contributed by atoms with Gasteiger partial charge in [0.15, 0.2) is 17.3 Å². The number of hydrogen-bond donors (Lipinski definition) is 3. The Labute approximate surface area is 219 Å². The van der Waals surface area contributed by atoms with Crippen molar-refractivity contribution in [1.29, 1.82) is 0 Å². The van der Waals surface area contributed by atoms with Crippen molar-refractivity contribution < 1.29 is 28.8 Å². The molecule has 3 amide bonds. The SMILES string of the molecule is CCC(C(=O)Nc1cc(OC)c(OC)cc1C(C)=O)c1ccc(NC(=O)Nc2ccc([N+](=O)[O-])cc2)cc1. The minimum atomic E-state index is -0.526. The lowest BCUT2D eigenvalue weighted by Crippen LogP contribution is -2.22. The fourth-order valence-corrected chi connectivity index (χ4v) is 3.82. The summed E-state index contributed by atoms with van der Waals surface area (Å²) in [4.78, 5) is 47.9. The molecule has 0 radical (unpaired) electrons. The summed E-state index contributed by atoms with van der Waals surface area (Å²) >= 11 is 0. The fourth-order valence-electron chi connectivity index (χ4n) is 3.82. The van der Waals surface area contributed by atoms with Gasteiger partial charge in [0.2, 0.25) is 5.91 Å². The average molecular weight is 521 g/mol. The highest BCUT2D eigenvalue weighted by Gasteiger charge is 2.22. The van der Waals surface area contributed by atoms with Crippen LogP contribution in [0.3, 0.4) is 0 Å². The van der Waals surface area contributed by atoms with Crippen molar-refractivity contribution >= 4 is 40.5 Å². The van der Waals surface area contributed by atoms with Crippen LogP contribution in [-0.4, -0.2) is 36.9 Å². The summed E-state index contributed by atoms with van der Waals surface area (Å²) in [5.41, 5.74) is 2.14. The fraction of sp³-hybridized carbons (Fsp3) is 0.222. The summed E-state index contributed by atoms with van der Waals surface area (Å²) in [6, 6.07) is 14.8. The number of amides is 3. The molecule has 0 saturated carbocycles. The van der Waals surface area contributed by atoms with E-state index in [2.05, 4.69) is 16.0 Å². The molecule has 0 saturated heterocycles. The summed E-state index contributed by atoms with van der Waals surface area (Å²) < 4.78 is 10.6. The maximum Gasteiger partial charge on any atom is 0.323 e. The number of anilines is 3. The Morgan fingerprint density at radius 3 is 1.87 bits per heavy atom. The lowest BCUT2D eigenvalue weighted by molar-refractivity contribution is -0.384. The van der Waals surface area contributed by atoms with Gasteiger partial charge in [-0.25, -0.2) is 4.79 Å². The Balaban J connectivity index is 1.70. The highest BCUT2D eigenvalue weighted by atomic mass is 16.6. The van der Waals surface area contributed by atoms with Crippen LogP contribution in [0.15, 0.2) is 60.7 Å². The first-order chi connectivity index (χ1) is 18.2. The number of nitrogens with zero attached hydrogens (tertiary/aromatic N) is 1. The molecule has 0 fully saturated rings. The lowest BCUT2D eigenvalue weighted by atomic mass is 9.95. The maximum atomic E-state index is 13.2. The zero-order valence-electron chi connectivity index (χ0n) is 21.4. The third-order valence-electron chi connectivity index (χ3n) is 5.79. The third-order valence-corrected chi connectivity index (χ3v) is 5.79. The van der Waals surface area contributed by atoms with Crippen molar-refractivity contribution in [3.63, 3.8) is 0 Å². The van der Waals surface area contributed by atoms with Crippen molar-refractivity contribution in [2.24, 2.45) is 0 Å². The summed E-state index contributed by atoms with van der Waals surface area (Å²) in [5.74, 6) is -0.312. The van der Waals surface area contributed by atoms with Crippen molar-refractivity contribution in [2.75, 3.05) is 30.2 Å². The molecule has 0 aromatic heterocycles. The predicted molar refractivity (Wildman–Crippen MR) is 143 cm³/mol. The summed E-state index contributed by atoms with van der Waals surface area (Å²) in [7, 11) is 2.93. The number of ketones is 1. The topological polar surface area (TPSA) is 149 Å². The second kappa shape index (κ2) is 12.3. The van der Waals surface area contributed by atoms with Crippen molar-refractivity contribution in [2.45, 2.75) is 26.2 Å². The van der Waals surface area contributed by atoms with Crippen LogP contribution in [0, 0.1) is 10.1 Å². The van der Waals surface area contributed by atoms with Gasteiger partial charge >= 0.3 is 6.03 Å². The maximum absolute atomic E-state index is 13.2. The molecule has 1 atom stereocenters. The molecule has 3 aromatic carbocycles. The van der Waals surface area contributed by atoms with Gasteiger partial charge in [-0.15, -0.1) is 0 Å². The van der Waals surface area contributed by atoms with E-state index in [1.807, 2.05) is 6.92 Å². The molecule has 38 heavy (non-hydrogen) atoms. The Morgan fingerprint density at radius 1 is 0.868 bits per heavy atom. The van der Waals surface area contributed by atoms with E-state index in [0.29, 0.717) is 40.5 Å². The first kappa shape index (κ1) is 27.7. The summed E-state index contributed by atoms with van der Waals surface area (Å²) in [5, 5.41) is 18.9. The van der Waals surface area contributed by atoms with Gasteiger partial charge in [0, 0.05) is 35.1 Å². The number of nitro groups is 1. The predicted octanol–water partition coefficient (Wildman–Crippen LogP) is 5.59. The first-order valence-electron chi connectivity index (χ1n) is 11.7. The number of carbonyl (C=O) groups excluding carboxylic acids is 3. The van der Waals surface area contributed by atoms with Crippen LogP contribution in [0.1, 0.15) is 42.1 Å². The largest absolute Gasteiger partial charge is 0.493 e. The quantitative estimate of drug-likeness (QED) is 0.179. The van der Waals surface area contributed by atoms with E-state index in [-0.39, 0.29) is 17.4 Å². The van der Waals surface area contributed by atoms with Crippen molar-refractivity contribution in [1.82, 2.24) is 0 Å². The number of hydrogen-bond acceptors (Lipinski definition) is 7. The monoisotopic (exact) mass is 520 g/mol. The van der Waals surface area contributed by atoms with Gasteiger partial charge in [0.05, 0.1) is 30.7 Å². The van der Waals surface area contributed by atoms with Crippen molar-refractivity contribution in [3.8, 4) is 11.5 Å². The number of ether oxygens (including phenoxy) is 2. The van der Waals surface area contributed by atoms with Crippen LogP contribution in [-0.2, 0) is 4.79 Å². The smallest absolute Gasteiger partial charge is 0.323 e. The molecular formula is C27H28N4O7. The van der Waals surface area contributed by atoms with Gasteiger partial charge in [0.25, 0.3) is 5.69 Å². The molecule has 0 spiro atoms. The van der Waals surface area contributed by atoms with Gasteiger partial charge in [-0.05, 0) is 49.2 Å². The number of urea groups is 1. The van der Waals surface area contributed by atoms with E-state index in [4.69, 9.17) is 9.47 Å². The van der Waals surface area contributed by atoms with E-state index in [1.54, 1.807) is 30.3 Å². The molecule has 11 nitrogen and oxygen atoms in total. The second-order valence-electron chi connectivity index (χ2n) is 8.26.